The molecule has 3 aromatic rings. The molecule has 1 aliphatic rings. The molecule has 1 fully saturated rings. The van der Waals surface area contributed by atoms with Crippen LogP contribution >= 0.6 is 0 Å². The zero-order chi connectivity index (χ0) is 17.2. The first kappa shape index (κ1) is 15.7. The summed E-state index contributed by atoms with van der Waals surface area (Å²) < 4.78 is 10.3. The third-order valence-corrected chi connectivity index (χ3v) is 4.74. The molecule has 0 N–H and O–H groups in total. The fraction of sp³-hybridized carbons (Fsp3) is 0.300. The lowest BCUT2D eigenvalue weighted by atomic mass is 10.1. The lowest BCUT2D eigenvalue weighted by Gasteiger charge is -2.23. The van der Waals surface area contributed by atoms with E-state index in [4.69, 9.17) is 9.15 Å². The van der Waals surface area contributed by atoms with Gasteiger partial charge in [-0.1, -0.05) is 0 Å². The van der Waals surface area contributed by atoms with Gasteiger partial charge in [0, 0.05) is 23.5 Å². The van der Waals surface area contributed by atoms with E-state index >= 15 is 0 Å². The summed E-state index contributed by atoms with van der Waals surface area (Å²) in [5, 5.41) is 0.953. The van der Waals surface area contributed by atoms with Crippen molar-refractivity contribution in [1.82, 2.24) is 4.98 Å². The predicted molar refractivity (Wildman–Crippen MR) is 95.6 cm³/mol. The second-order valence-corrected chi connectivity index (χ2v) is 6.49. The maximum Gasteiger partial charge on any atom is 0.338 e. The number of hydrogen-bond acceptors (Lipinski definition) is 5. The first-order valence-electron chi connectivity index (χ1n) is 8.55. The molecule has 2 aromatic heterocycles. The van der Waals surface area contributed by atoms with Gasteiger partial charge in [0.1, 0.15) is 6.61 Å². The smallest absolute Gasteiger partial charge is 0.338 e. The van der Waals surface area contributed by atoms with Crippen molar-refractivity contribution in [3.8, 4) is 0 Å². The van der Waals surface area contributed by atoms with Crippen molar-refractivity contribution in [3.05, 3.63) is 60.2 Å². The van der Waals surface area contributed by atoms with Crippen LogP contribution in [-0.4, -0.2) is 23.5 Å². The van der Waals surface area contributed by atoms with Crippen LogP contribution in [0.2, 0.25) is 0 Å². The molecule has 5 nitrogen and oxygen atoms in total. The number of fused-ring (bicyclic) bond motifs is 1. The Balaban J connectivity index is 1.56. The van der Waals surface area contributed by atoms with Crippen molar-refractivity contribution >= 4 is 22.6 Å². The number of carbonyl (C=O) groups excluding carboxylic acids is 1. The zero-order valence-electron chi connectivity index (χ0n) is 14.1. The van der Waals surface area contributed by atoms with Crippen molar-refractivity contribution in [2.24, 2.45) is 0 Å². The Kier molecular flexibility index (Phi) is 4.14. The molecule has 0 bridgehead atoms. The van der Waals surface area contributed by atoms with E-state index in [1.165, 1.54) is 12.8 Å². The lowest BCUT2D eigenvalue weighted by molar-refractivity contribution is 0.0472. The summed E-state index contributed by atoms with van der Waals surface area (Å²) in [6.45, 7) is 3.50. The fourth-order valence-electron chi connectivity index (χ4n) is 3.33. The molecular formula is C20H20N2O3. The second kappa shape index (κ2) is 6.59. The van der Waals surface area contributed by atoms with Crippen molar-refractivity contribution in [2.75, 3.05) is 11.4 Å². The predicted octanol–water partition coefficient (Wildman–Crippen LogP) is 4.17. The molecular weight excluding hydrogens is 316 g/mol. The Morgan fingerprint density at radius 1 is 1.36 bits per heavy atom. The molecule has 25 heavy (non-hydrogen) atoms. The van der Waals surface area contributed by atoms with Crippen LogP contribution in [0.25, 0.3) is 10.9 Å². The van der Waals surface area contributed by atoms with Gasteiger partial charge in [-0.2, -0.15) is 0 Å². The third-order valence-electron chi connectivity index (χ3n) is 4.74. The second-order valence-electron chi connectivity index (χ2n) is 6.49. The molecule has 0 saturated carbocycles. The van der Waals surface area contributed by atoms with Gasteiger partial charge in [-0.3, -0.25) is 4.98 Å². The zero-order valence-corrected chi connectivity index (χ0v) is 14.1. The van der Waals surface area contributed by atoms with Gasteiger partial charge in [-0.25, -0.2) is 4.79 Å². The van der Waals surface area contributed by atoms with Crippen LogP contribution < -0.4 is 4.90 Å². The fourth-order valence-corrected chi connectivity index (χ4v) is 3.33. The van der Waals surface area contributed by atoms with Crippen LogP contribution in [0.15, 0.2) is 53.5 Å². The molecule has 0 aliphatic carbocycles. The average Bonchev–Trinajstić information content (AvgIpc) is 3.30. The number of furan rings is 1. The van der Waals surface area contributed by atoms with Crippen LogP contribution in [0.5, 0.6) is 0 Å². The molecule has 1 saturated heterocycles. The highest BCUT2D eigenvalue weighted by Gasteiger charge is 2.21. The van der Waals surface area contributed by atoms with E-state index in [-0.39, 0.29) is 12.6 Å². The maximum absolute atomic E-state index is 12.3. The molecule has 5 heteroatoms. The van der Waals surface area contributed by atoms with Crippen LogP contribution in [0, 0.1) is 0 Å². The SMILES string of the molecule is C[C@H]1CCCN1c1cnc2ccc(C(=O)OCc3ccoc3)cc2c1. The summed E-state index contributed by atoms with van der Waals surface area (Å²) in [7, 11) is 0. The average molecular weight is 336 g/mol. The highest BCUT2D eigenvalue weighted by molar-refractivity contribution is 5.95. The maximum atomic E-state index is 12.3. The van der Waals surface area contributed by atoms with Crippen LogP contribution in [0.4, 0.5) is 5.69 Å². The third kappa shape index (κ3) is 3.22. The standard InChI is InChI=1S/C20H20N2O3/c1-14-3-2-7-22(14)18-10-17-9-16(4-5-19(17)21-11-18)20(23)25-13-15-6-8-24-12-15/h4-6,8-12,14H,2-3,7,13H2,1H3/t14-/m0/s1. The summed E-state index contributed by atoms with van der Waals surface area (Å²) in [5.74, 6) is -0.344. The van der Waals surface area contributed by atoms with Crippen molar-refractivity contribution in [3.63, 3.8) is 0 Å². The van der Waals surface area contributed by atoms with Gasteiger partial charge in [-0.15, -0.1) is 0 Å². The van der Waals surface area contributed by atoms with Crippen LogP contribution in [-0.2, 0) is 11.3 Å². The Bertz CT molecular complexity index is 889. The number of hydrogen-bond donors (Lipinski definition) is 0. The van der Waals surface area contributed by atoms with E-state index in [1.54, 1.807) is 24.7 Å². The molecule has 4 rings (SSSR count). The normalized spacial score (nSPS) is 17.2. The molecule has 1 aromatic carbocycles. The van der Waals surface area contributed by atoms with E-state index in [9.17, 15) is 4.79 Å². The van der Waals surface area contributed by atoms with E-state index in [0.717, 1.165) is 28.7 Å². The minimum absolute atomic E-state index is 0.205. The summed E-state index contributed by atoms with van der Waals surface area (Å²) in [6.07, 6.45) is 7.46. The number of anilines is 1. The number of aromatic nitrogens is 1. The van der Waals surface area contributed by atoms with Crippen LogP contribution in [0.3, 0.4) is 0 Å². The first-order valence-corrected chi connectivity index (χ1v) is 8.55. The Morgan fingerprint density at radius 2 is 2.28 bits per heavy atom. The molecule has 0 spiro atoms. The van der Waals surface area contributed by atoms with Gasteiger partial charge in [-0.05, 0) is 50.1 Å². The molecule has 3 heterocycles. The topological polar surface area (TPSA) is 55.6 Å². The number of pyridine rings is 1. The largest absolute Gasteiger partial charge is 0.472 e. The van der Waals surface area contributed by atoms with Gasteiger partial charge in [0.25, 0.3) is 0 Å². The van der Waals surface area contributed by atoms with E-state index < -0.39 is 0 Å². The quantitative estimate of drug-likeness (QED) is 0.669. The van der Waals surface area contributed by atoms with Crippen molar-refractivity contribution in [2.45, 2.75) is 32.4 Å². The summed E-state index contributed by atoms with van der Waals surface area (Å²) in [5.41, 5.74) is 3.36. The van der Waals surface area contributed by atoms with Gasteiger partial charge in [0.2, 0.25) is 0 Å². The van der Waals surface area contributed by atoms with Crippen molar-refractivity contribution < 1.29 is 13.9 Å². The molecule has 0 unspecified atom stereocenters. The first-order chi connectivity index (χ1) is 12.2. The summed E-state index contributed by atoms with van der Waals surface area (Å²) >= 11 is 0. The number of rotatable bonds is 4. The number of benzene rings is 1. The minimum atomic E-state index is -0.344. The number of nitrogens with zero attached hydrogens (tertiary/aromatic N) is 2. The number of esters is 1. The monoisotopic (exact) mass is 336 g/mol. The van der Waals surface area contributed by atoms with E-state index in [2.05, 4.69) is 22.9 Å². The van der Waals surface area contributed by atoms with E-state index in [1.807, 2.05) is 18.3 Å². The Morgan fingerprint density at radius 3 is 3.04 bits per heavy atom. The minimum Gasteiger partial charge on any atom is -0.472 e. The summed E-state index contributed by atoms with van der Waals surface area (Å²) in [6, 6.07) is 9.89. The highest BCUT2D eigenvalue weighted by atomic mass is 16.5. The van der Waals surface area contributed by atoms with Crippen LogP contribution in [0.1, 0.15) is 35.7 Å². The molecule has 0 radical (unpaired) electrons. The Hall–Kier alpha value is -2.82. The Labute approximate surface area is 146 Å². The molecule has 1 atom stereocenters. The number of carbonyl (C=O) groups is 1. The van der Waals surface area contributed by atoms with Crippen molar-refractivity contribution in [1.29, 1.82) is 0 Å². The highest BCUT2D eigenvalue weighted by Crippen LogP contribution is 2.27. The molecule has 0 amide bonds. The number of ether oxygens (including phenoxy) is 1. The van der Waals surface area contributed by atoms with Gasteiger partial charge >= 0.3 is 5.97 Å². The molecule has 128 valence electrons. The van der Waals surface area contributed by atoms with Gasteiger partial charge in [0.15, 0.2) is 0 Å². The molecule has 1 aliphatic heterocycles. The summed E-state index contributed by atoms with van der Waals surface area (Å²) in [4.78, 5) is 19.2. The van der Waals surface area contributed by atoms with Gasteiger partial charge in [0.05, 0.1) is 35.5 Å². The lowest BCUT2D eigenvalue weighted by Crippen LogP contribution is -2.26. The van der Waals surface area contributed by atoms with Gasteiger partial charge < -0.3 is 14.1 Å². The van der Waals surface area contributed by atoms with E-state index in [0.29, 0.717) is 11.6 Å².